The lowest BCUT2D eigenvalue weighted by molar-refractivity contribution is -0.139. The maximum absolute atomic E-state index is 13.0. The third-order valence-corrected chi connectivity index (χ3v) is 5.24. The van der Waals surface area contributed by atoms with Crippen molar-refractivity contribution in [2.24, 2.45) is 0 Å². The van der Waals surface area contributed by atoms with Gasteiger partial charge in [-0.25, -0.2) is 4.98 Å². The summed E-state index contributed by atoms with van der Waals surface area (Å²) in [6, 6.07) is 7.22. The summed E-state index contributed by atoms with van der Waals surface area (Å²) < 4.78 is 16.4. The van der Waals surface area contributed by atoms with Gasteiger partial charge in [0.2, 0.25) is 0 Å². The largest absolute Gasteiger partial charge is 0.497 e. The molecule has 1 aliphatic heterocycles. The van der Waals surface area contributed by atoms with Crippen molar-refractivity contribution in [3.05, 3.63) is 48.2 Å². The number of carbonyl (C=O) groups is 1. The van der Waals surface area contributed by atoms with E-state index in [9.17, 15) is 4.79 Å². The number of rotatable bonds is 6. The number of aromatic nitrogens is 4. The van der Waals surface area contributed by atoms with Gasteiger partial charge in [0.15, 0.2) is 11.9 Å². The molecule has 1 aromatic carbocycles. The van der Waals surface area contributed by atoms with E-state index in [0.717, 1.165) is 18.5 Å². The quantitative estimate of drug-likeness (QED) is 0.596. The lowest BCUT2D eigenvalue weighted by Crippen LogP contribution is -2.45. The second-order valence-electron chi connectivity index (χ2n) is 7.56. The highest BCUT2D eigenvalue weighted by Gasteiger charge is 2.31. The highest BCUT2D eigenvalue weighted by atomic mass is 16.5. The number of piperidine rings is 1. The molecule has 3 aromatic rings. The standard InChI is InChI=1S/C22H25N5O4/c1-14-11-24-19(12-23-14)21-25-20(26-31-21)16-6-5-9-27(13-16)22(28)15(2)30-18-8-4-7-17(10-18)29-3/h4,7-8,10-12,15-16H,5-6,9,13H2,1-3H3/t15-,16+/m1/s1. The van der Waals surface area contributed by atoms with Gasteiger partial charge >= 0.3 is 0 Å². The molecule has 9 heteroatoms. The van der Waals surface area contributed by atoms with Crippen molar-refractivity contribution in [1.82, 2.24) is 25.0 Å². The fourth-order valence-corrected chi connectivity index (χ4v) is 3.58. The number of likely N-dealkylation sites (tertiary alicyclic amines) is 1. The van der Waals surface area contributed by atoms with Crippen molar-refractivity contribution in [2.75, 3.05) is 20.2 Å². The average Bonchev–Trinajstić information content (AvgIpc) is 3.29. The topological polar surface area (TPSA) is 103 Å². The molecule has 0 unspecified atom stereocenters. The Labute approximate surface area is 180 Å². The smallest absolute Gasteiger partial charge is 0.278 e. The van der Waals surface area contributed by atoms with E-state index in [1.165, 1.54) is 0 Å². The summed E-state index contributed by atoms with van der Waals surface area (Å²) in [6.45, 7) is 4.81. The van der Waals surface area contributed by atoms with Gasteiger partial charge in [-0.3, -0.25) is 9.78 Å². The number of carbonyl (C=O) groups excluding carboxylic acids is 1. The van der Waals surface area contributed by atoms with Crippen LogP contribution in [0.1, 0.15) is 37.2 Å². The van der Waals surface area contributed by atoms with Crippen LogP contribution < -0.4 is 9.47 Å². The van der Waals surface area contributed by atoms with E-state index in [-0.39, 0.29) is 11.8 Å². The number of ether oxygens (including phenoxy) is 2. The first kappa shape index (κ1) is 20.8. The maximum atomic E-state index is 13.0. The van der Waals surface area contributed by atoms with Crippen LogP contribution in [0.15, 0.2) is 41.2 Å². The Bertz CT molecular complexity index is 1040. The van der Waals surface area contributed by atoms with Crippen LogP contribution in [0.5, 0.6) is 11.5 Å². The molecule has 1 saturated heterocycles. The minimum atomic E-state index is -0.616. The van der Waals surface area contributed by atoms with Crippen LogP contribution in [0.2, 0.25) is 0 Å². The Balaban J connectivity index is 1.41. The lowest BCUT2D eigenvalue weighted by Gasteiger charge is -2.33. The molecule has 1 fully saturated rings. The first-order chi connectivity index (χ1) is 15.0. The summed E-state index contributed by atoms with van der Waals surface area (Å²) in [5.74, 6) is 2.12. The van der Waals surface area contributed by atoms with Crippen molar-refractivity contribution in [3.63, 3.8) is 0 Å². The fraction of sp³-hybridized carbons (Fsp3) is 0.409. The number of benzene rings is 1. The fourth-order valence-electron chi connectivity index (χ4n) is 3.58. The summed E-state index contributed by atoms with van der Waals surface area (Å²) in [4.78, 5) is 27.8. The minimum Gasteiger partial charge on any atom is -0.497 e. The summed E-state index contributed by atoms with van der Waals surface area (Å²) in [7, 11) is 1.59. The van der Waals surface area contributed by atoms with Gasteiger partial charge in [-0.05, 0) is 38.8 Å². The van der Waals surface area contributed by atoms with Crippen molar-refractivity contribution < 1.29 is 18.8 Å². The van der Waals surface area contributed by atoms with E-state index in [4.69, 9.17) is 14.0 Å². The van der Waals surface area contributed by atoms with Crippen molar-refractivity contribution in [1.29, 1.82) is 0 Å². The molecule has 162 valence electrons. The maximum Gasteiger partial charge on any atom is 0.278 e. The van der Waals surface area contributed by atoms with Gasteiger partial charge in [0.1, 0.15) is 17.2 Å². The van der Waals surface area contributed by atoms with Crippen LogP contribution in [-0.4, -0.2) is 57.2 Å². The molecule has 3 heterocycles. The molecule has 0 N–H and O–H groups in total. The van der Waals surface area contributed by atoms with E-state index in [1.807, 2.05) is 19.1 Å². The molecule has 0 aliphatic carbocycles. The molecule has 0 saturated carbocycles. The van der Waals surface area contributed by atoms with Crippen LogP contribution in [-0.2, 0) is 4.79 Å². The summed E-state index contributed by atoms with van der Waals surface area (Å²) >= 11 is 0. The predicted octanol–water partition coefficient (Wildman–Crippen LogP) is 3.02. The van der Waals surface area contributed by atoms with Gasteiger partial charge in [-0.2, -0.15) is 4.98 Å². The summed E-state index contributed by atoms with van der Waals surface area (Å²) in [5, 5.41) is 4.13. The Morgan fingerprint density at radius 3 is 2.87 bits per heavy atom. The average molecular weight is 423 g/mol. The van der Waals surface area contributed by atoms with Gasteiger partial charge in [0, 0.05) is 31.3 Å². The SMILES string of the molecule is COc1cccc(O[C@H](C)C(=O)N2CCC[C@H](c3noc(-c4cnc(C)cn4)n3)C2)c1. The Kier molecular flexibility index (Phi) is 6.11. The lowest BCUT2D eigenvalue weighted by atomic mass is 9.97. The third kappa shape index (κ3) is 4.82. The first-order valence-corrected chi connectivity index (χ1v) is 10.3. The molecule has 1 amide bonds. The van der Waals surface area contributed by atoms with Crippen LogP contribution >= 0.6 is 0 Å². The third-order valence-electron chi connectivity index (χ3n) is 5.24. The van der Waals surface area contributed by atoms with Crippen LogP contribution in [0, 0.1) is 6.92 Å². The highest BCUT2D eigenvalue weighted by molar-refractivity contribution is 5.81. The number of hydrogen-bond acceptors (Lipinski definition) is 8. The van der Waals surface area contributed by atoms with Gasteiger partial charge in [-0.15, -0.1) is 0 Å². The number of amides is 1. The normalized spacial score (nSPS) is 17.3. The Morgan fingerprint density at radius 2 is 2.10 bits per heavy atom. The zero-order valence-electron chi connectivity index (χ0n) is 17.8. The predicted molar refractivity (Wildman–Crippen MR) is 112 cm³/mol. The van der Waals surface area contributed by atoms with E-state index in [2.05, 4.69) is 20.1 Å². The van der Waals surface area contributed by atoms with Crippen molar-refractivity contribution in [3.8, 4) is 23.1 Å². The van der Waals surface area contributed by atoms with E-state index >= 15 is 0 Å². The molecule has 0 radical (unpaired) electrons. The number of methoxy groups -OCH3 is 1. The number of hydrogen-bond donors (Lipinski definition) is 0. The summed E-state index contributed by atoms with van der Waals surface area (Å²) in [5.41, 5.74) is 1.35. The molecule has 1 aliphatic rings. The van der Waals surface area contributed by atoms with E-state index < -0.39 is 6.10 Å². The summed E-state index contributed by atoms with van der Waals surface area (Å²) in [6.07, 6.45) is 4.39. The zero-order valence-corrected chi connectivity index (χ0v) is 17.8. The molecular weight excluding hydrogens is 398 g/mol. The van der Waals surface area contributed by atoms with Gasteiger partial charge < -0.3 is 18.9 Å². The number of aryl methyl sites for hydroxylation is 1. The van der Waals surface area contributed by atoms with Gasteiger partial charge in [-0.1, -0.05) is 11.2 Å². The molecule has 0 spiro atoms. The van der Waals surface area contributed by atoms with Gasteiger partial charge in [0.25, 0.3) is 11.8 Å². The Hall–Kier alpha value is -3.49. The molecule has 9 nitrogen and oxygen atoms in total. The number of nitrogens with zero attached hydrogens (tertiary/aromatic N) is 5. The van der Waals surface area contributed by atoms with Gasteiger partial charge in [0.05, 0.1) is 19.0 Å². The van der Waals surface area contributed by atoms with E-state index in [0.29, 0.717) is 42.0 Å². The van der Waals surface area contributed by atoms with Crippen LogP contribution in [0.3, 0.4) is 0 Å². The first-order valence-electron chi connectivity index (χ1n) is 10.3. The minimum absolute atomic E-state index is 0.00220. The van der Waals surface area contributed by atoms with Crippen molar-refractivity contribution >= 4 is 5.91 Å². The van der Waals surface area contributed by atoms with Crippen LogP contribution in [0.4, 0.5) is 0 Å². The zero-order chi connectivity index (χ0) is 21.8. The second-order valence-corrected chi connectivity index (χ2v) is 7.56. The van der Waals surface area contributed by atoms with Crippen LogP contribution in [0.25, 0.3) is 11.6 Å². The second kappa shape index (κ2) is 9.11. The molecule has 0 bridgehead atoms. The van der Waals surface area contributed by atoms with Crippen molar-refractivity contribution in [2.45, 2.75) is 38.7 Å². The molecular formula is C22H25N5O4. The highest BCUT2D eigenvalue weighted by Crippen LogP contribution is 2.27. The van der Waals surface area contributed by atoms with E-state index in [1.54, 1.807) is 43.5 Å². The molecule has 2 aromatic heterocycles. The molecule has 31 heavy (non-hydrogen) atoms. The molecule has 4 rings (SSSR count). The monoisotopic (exact) mass is 423 g/mol. The Morgan fingerprint density at radius 1 is 1.26 bits per heavy atom. The molecule has 2 atom stereocenters.